The third-order valence-electron chi connectivity index (χ3n) is 7.95. The Hall–Kier alpha value is -5.04. The molecule has 0 aliphatic heterocycles. The second-order valence-electron chi connectivity index (χ2n) is 11.3. The van der Waals surface area contributed by atoms with E-state index in [1.165, 1.54) is 30.3 Å². The molecule has 4 N–H and O–H groups in total. The molecule has 0 aromatic heterocycles. The van der Waals surface area contributed by atoms with Crippen LogP contribution in [0.1, 0.15) is 0 Å². The van der Waals surface area contributed by atoms with E-state index in [1.54, 1.807) is 42.5 Å². The molecule has 0 unspecified atom stereocenters. The van der Waals surface area contributed by atoms with E-state index in [4.69, 9.17) is 0 Å². The number of fused-ring (bicyclic) bond motifs is 3. The molecule has 1 radical (unpaired) electrons. The van der Waals surface area contributed by atoms with Crippen molar-refractivity contribution in [2.24, 2.45) is 20.5 Å². The van der Waals surface area contributed by atoms with Gasteiger partial charge in [-0.05, 0) is 35.0 Å². The van der Waals surface area contributed by atoms with E-state index in [2.05, 4.69) is 20.5 Å². The molecule has 273 valence electrons. The maximum atomic E-state index is 11.6. The third kappa shape index (κ3) is 10.3. The SMILES string of the molecule is O=[N+]([O-])c1ccc(N=Nc2c(O)ccc3ccccc23)c(O)c1.O=[N+]([O-])c1ccc2c(N=Nc3c(O)ccc4ccccc34)c(O)cc(S(=O)(=O)[O-])c2c1.[Cr+3].[Na+].[Na+]. The number of nitro benzene ring substituents is 2. The first-order valence-corrected chi connectivity index (χ1v) is 16.8. The van der Waals surface area contributed by atoms with Crippen LogP contribution in [0.25, 0.3) is 32.3 Å². The maximum absolute atomic E-state index is 11.6. The quantitative estimate of drug-likeness (QED) is 0.0595. The molecule has 0 atom stereocenters. The summed E-state index contributed by atoms with van der Waals surface area (Å²) in [5.41, 5.74) is -0.464. The molecule has 0 spiro atoms. The number of nitro groups is 2. The third-order valence-corrected chi connectivity index (χ3v) is 8.83. The Bertz CT molecular complexity index is 2850. The molecule has 0 aliphatic rings. The van der Waals surface area contributed by atoms with Crippen LogP contribution in [0.4, 0.5) is 34.1 Å². The van der Waals surface area contributed by atoms with E-state index in [0.717, 1.165) is 29.0 Å². The van der Waals surface area contributed by atoms with E-state index >= 15 is 0 Å². The molecule has 0 saturated carbocycles. The number of non-ortho nitro benzene ring substituents is 2. The van der Waals surface area contributed by atoms with Crippen LogP contribution in [0.15, 0.2) is 141 Å². The van der Waals surface area contributed by atoms with Crippen LogP contribution in [0.3, 0.4) is 0 Å². The molecule has 7 rings (SSSR count). The first-order chi connectivity index (χ1) is 25.7. The normalized spacial score (nSPS) is 11.0. The fourth-order valence-corrected chi connectivity index (χ4v) is 6.08. The molecule has 0 bridgehead atoms. The Morgan fingerprint density at radius 1 is 0.491 bits per heavy atom. The molecule has 0 amide bonds. The summed E-state index contributed by atoms with van der Waals surface area (Å²) >= 11 is 0. The molecular formula is C36H23CrN6Na2O11S+4. The van der Waals surface area contributed by atoms with Crippen LogP contribution < -0.4 is 59.1 Å². The average molecular weight is 846 g/mol. The number of phenols is 4. The molecule has 7 aromatic rings. The maximum Gasteiger partial charge on any atom is 3.00 e. The predicted octanol–water partition coefficient (Wildman–Crippen LogP) is 3.21. The minimum atomic E-state index is -5.06. The van der Waals surface area contributed by atoms with Crippen molar-refractivity contribution in [2.75, 3.05) is 0 Å². The van der Waals surface area contributed by atoms with Crippen molar-refractivity contribution in [3.05, 3.63) is 135 Å². The monoisotopic (exact) mass is 845 g/mol. The van der Waals surface area contributed by atoms with Gasteiger partial charge >= 0.3 is 76.5 Å². The van der Waals surface area contributed by atoms with Crippen LogP contribution >= 0.6 is 0 Å². The summed E-state index contributed by atoms with van der Waals surface area (Å²) in [6.45, 7) is 0. The van der Waals surface area contributed by atoms with E-state index in [-0.39, 0.29) is 133 Å². The van der Waals surface area contributed by atoms with Gasteiger partial charge in [-0.25, -0.2) is 8.42 Å². The number of benzene rings is 7. The van der Waals surface area contributed by atoms with Gasteiger partial charge in [0.15, 0.2) is 0 Å². The number of aromatic hydroxyl groups is 4. The van der Waals surface area contributed by atoms with Crippen LogP contribution in [-0.2, 0) is 27.5 Å². The summed E-state index contributed by atoms with van der Waals surface area (Å²) < 4.78 is 34.9. The second-order valence-corrected chi connectivity index (χ2v) is 12.7. The Morgan fingerprint density at radius 2 is 0.947 bits per heavy atom. The van der Waals surface area contributed by atoms with Crippen molar-refractivity contribution in [3.8, 4) is 23.0 Å². The van der Waals surface area contributed by atoms with E-state index in [1.807, 2.05) is 18.2 Å². The van der Waals surface area contributed by atoms with Gasteiger partial charge in [0.1, 0.15) is 55.9 Å². The van der Waals surface area contributed by atoms with Gasteiger partial charge in [-0.1, -0.05) is 60.7 Å². The summed E-state index contributed by atoms with van der Waals surface area (Å²) in [4.78, 5) is 19.5. The number of hydrogen-bond donors (Lipinski definition) is 4. The smallest absolute Gasteiger partial charge is 0.744 e. The number of hydrogen-bond acceptors (Lipinski definition) is 15. The van der Waals surface area contributed by atoms with Gasteiger partial charge in [-0.3, -0.25) is 20.2 Å². The van der Waals surface area contributed by atoms with Gasteiger partial charge in [0.25, 0.3) is 11.4 Å². The summed E-state index contributed by atoms with van der Waals surface area (Å²) in [6.07, 6.45) is 0. The van der Waals surface area contributed by atoms with Gasteiger partial charge in [-0.15, -0.1) is 20.5 Å². The average Bonchev–Trinajstić information content (AvgIpc) is 3.14. The minimum Gasteiger partial charge on any atom is -0.744 e. The molecule has 17 nitrogen and oxygen atoms in total. The molecule has 0 heterocycles. The van der Waals surface area contributed by atoms with E-state index < -0.39 is 36.3 Å². The number of azo groups is 2. The molecular weight excluding hydrogens is 822 g/mol. The zero-order valence-corrected chi connectivity index (χ0v) is 35.7. The first kappa shape index (κ1) is 46.3. The first-order valence-electron chi connectivity index (χ1n) is 15.3. The molecule has 0 fully saturated rings. The predicted molar refractivity (Wildman–Crippen MR) is 195 cm³/mol. The molecule has 0 saturated heterocycles. The van der Waals surface area contributed by atoms with Crippen molar-refractivity contribution < 1.29 is 120 Å². The topological polar surface area (TPSA) is 274 Å². The van der Waals surface area contributed by atoms with Crippen LogP contribution in [-0.4, -0.2) is 43.2 Å². The van der Waals surface area contributed by atoms with Gasteiger partial charge in [0.2, 0.25) is 0 Å². The van der Waals surface area contributed by atoms with Crippen molar-refractivity contribution in [1.29, 1.82) is 0 Å². The zero-order valence-electron chi connectivity index (χ0n) is 29.6. The number of nitrogens with zero attached hydrogens (tertiary/aromatic N) is 6. The van der Waals surface area contributed by atoms with E-state index in [9.17, 15) is 53.6 Å². The Kier molecular flexibility index (Phi) is 15.8. The fourth-order valence-electron chi connectivity index (χ4n) is 5.39. The van der Waals surface area contributed by atoms with Crippen molar-refractivity contribution >= 4 is 76.6 Å². The van der Waals surface area contributed by atoms with Gasteiger partial charge in [0, 0.05) is 45.8 Å². The van der Waals surface area contributed by atoms with Gasteiger partial charge in [-0.2, -0.15) is 0 Å². The number of rotatable bonds is 7. The summed E-state index contributed by atoms with van der Waals surface area (Å²) in [6, 6.07) is 28.1. The molecule has 0 aliphatic carbocycles. The fraction of sp³-hybridized carbons (Fsp3) is 0. The van der Waals surface area contributed by atoms with Crippen molar-refractivity contribution in [1.82, 2.24) is 0 Å². The van der Waals surface area contributed by atoms with Gasteiger partial charge in [0.05, 0.1) is 20.8 Å². The molecule has 7 aromatic carbocycles. The van der Waals surface area contributed by atoms with Crippen LogP contribution in [0.5, 0.6) is 23.0 Å². The van der Waals surface area contributed by atoms with Crippen molar-refractivity contribution in [3.63, 3.8) is 0 Å². The zero-order chi connectivity index (χ0) is 38.7. The Morgan fingerprint density at radius 3 is 1.44 bits per heavy atom. The summed E-state index contributed by atoms with van der Waals surface area (Å²) in [5, 5.41) is 80.5. The van der Waals surface area contributed by atoms with Crippen LogP contribution in [0.2, 0.25) is 0 Å². The molecule has 57 heavy (non-hydrogen) atoms. The number of phenolic OH excluding ortho intramolecular Hbond substituents is 4. The Labute approximate surface area is 376 Å². The Balaban J connectivity index is 0.000000301. The minimum absolute atomic E-state index is 0. The second kappa shape index (κ2) is 19.4. The van der Waals surface area contributed by atoms with E-state index in [0.29, 0.717) is 16.8 Å². The van der Waals surface area contributed by atoms with Crippen LogP contribution in [0, 0.1) is 20.2 Å². The van der Waals surface area contributed by atoms with Crippen molar-refractivity contribution in [2.45, 2.75) is 4.90 Å². The summed E-state index contributed by atoms with van der Waals surface area (Å²) in [5.74, 6) is -1.25. The largest absolute Gasteiger partial charge is 3.00 e. The molecule has 21 heteroatoms. The van der Waals surface area contributed by atoms with Gasteiger partial charge < -0.3 is 25.0 Å². The standard InChI is InChI=1S/C20H13N3O7S.C16H11N3O4.Cr.2Na/c24-16-8-5-11-3-1-2-4-13(11)19(16)21-22-20-14-7-6-12(23(26)27)9-15(14)18(10-17(20)25)31(28,29)30;20-14-8-5-10-3-1-2-4-12(10)16(14)18-17-13-7-6-11(19(22)23)9-15(13)21;;;/h1-10,24-25H,(H,28,29,30);1-9,20-21H;;;/q;;+3;2*+1/p-1. The summed E-state index contributed by atoms with van der Waals surface area (Å²) in [7, 11) is -5.06.